The maximum absolute atomic E-state index is 2.43. The summed E-state index contributed by atoms with van der Waals surface area (Å²) < 4.78 is 4.80. The van der Waals surface area contributed by atoms with Crippen LogP contribution in [0.3, 0.4) is 0 Å². The molecule has 0 atom stereocenters. The molecular formula is C48H44N2. The van der Waals surface area contributed by atoms with Crippen LogP contribution in [0.25, 0.3) is 66.8 Å². The fourth-order valence-electron chi connectivity index (χ4n) is 7.22. The molecule has 2 nitrogen and oxygen atoms in total. The van der Waals surface area contributed by atoms with Crippen LogP contribution in [-0.4, -0.2) is 9.13 Å². The largest absolute Gasteiger partial charge is 0.309 e. The van der Waals surface area contributed by atoms with Crippen LogP contribution in [0.15, 0.2) is 158 Å². The Bertz CT molecular complexity index is 2320. The van der Waals surface area contributed by atoms with Gasteiger partial charge in [0.05, 0.1) is 22.4 Å². The number of hydrogen-bond donors (Lipinski definition) is 0. The standard InChI is InChI=1S/C48H44N2/c1-47(2,3)37-21-27-45-41(31-37)42-32-38(48(4,5)6)22-28-46(42)50(45)40-25-19-34(20-26-40)33-17-23-39(24-18-33)49-43(35-13-9-7-10-14-35)29-30-44(49)36-15-11-8-12-16-36/h7-32H,1-6H3. The Labute approximate surface area is 296 Å². The minimum atomic E-state index is 0.0784. The number of aromatic nitrogens is 2. The first-order valence-corrected chi connectivity index (χ1v) is 17.7. The number of fused-ring (bicyclic) bond motifs is 3. The van der Waals surface area contributed by atoms with Crippen LogP contribution in [-0.2, 0) is 10.8 Å². The van der Waals surface area contributed by atoms with Gasteiger partial charge < -0.3 is 9.13 Å². The molecular weight excluding hydrogens is 605 g/mol. The summed E-state index contributed by atoms with van der Waals surface area (Å²) in [6, 6.07) is 57.8. The van der Waals surface area contributed by atoms with Crippen LogP contribution in [0.5, 0.6) is 0 Å². The molecule has 0 N–H and O–H groups in total. The van der Waals surface area contributed by atoms with E-state index in [1.165, 1.54) is 72.3 Å². The van der Waals surface area contributed by atoms with Crippen LogP contribution < -0.4 is 0 Å². The molecule has 0 spiro atoms. The lowest BCUT2D eigenvalue weighted by molar-refractivity contribution is 0.590. The smallest absolute Gasteiger partial charge is 0.0541 e. The van der Waals surface area contributed by atoms with Crippen molar-refractivity contribution in [2.75, 3.05) is 0 Å². The summed E-state index contributed by atoms with van der Waals surface area (Å²) in [6.45, 7) is 13.8. The van der Waals surface area contributed by atoms with Crippen LogP contribution in [0.1, 0.15) is 52.7 Å². The molecule has 2 aromatic heterocycles. The van der Waals surface area contributed by atoms with Crippen molar-refractivity contribution in [3.8, 4) is 45.0 Å². The Hall–Kier alpha value is -5.60. The lowest BCUT2D eigenvalue weighted by atomic mass is 9.85. The molecule has 0 aliphatic rings. The third-order valence-electron chi connectivity index (χ3n) is 10.1. The third-order valence-corrected chi connectivity index (χ3v) is 10.1. The van der Waals surface area contributed by atoms with Crippen molar-refractivity contribution in [3.63, 3.8) is 0 Å². The molecule has 0 bridgehead atoms. The highest BCUT2D eigenvalue weighted by Gasteiger charge is 2.21. The van der Waals surface area contributed by atoms with E-state index in [1.54, 1.807) is 0 Å². The highest BCUT2D eigenvalue weighted by molar-refractivity contribution is 6.10. The zero-order valence-electron chi connectivity index (χ0n) is 29.9. The van der Waals surface area contributed by atoms with Crippen LogP contribution in [0.2, 0.25) is 0 Å². The summed E-state index contributed by atoms with van der Waals surface area (Å²) in [4.78, 5) is 0. The van der Waals surface area contributed by atoms with E-state index >= 15 is 0 Å². The van der Waals surface area contributed by atoms with E-state index in [4.69, 9.17) is 0 Å². The van der Waals surface area contributed by atoms with Crippen molar-refractivity contribution in [2.45, 2.75) is 52.4 Å². The second kappa shape index (κ2) is 12.1. The summed E-state index contributed by atoms with van der Waals surface area (Å²) in [5.74, 6) is 0. The first-order chi connectivity index (χ1) is 24.1. The van der Waals surface area contributed by atoms with Crippen LogP contribution >= 0.6 is 0 Å². The molecule has 0 radical (unpaired) electrons. The lowest BCUT2D eigenvalue weighted by Gasteiger charge is -2.19. The van der Waals surface area contributed by atoms with Crippen molar-refractivity contribution in [2.24, 2.45) is 0 Å². The number of hydrogen-bond acceptors (Lipinski definition) is 0. The minimum absolute atomic E-state index is 0.0784. The molecule has 2 heterocycles. The predicted molar refractivity (Wildman–Crippen MR) is 214 cm³/mol. The fraction of sp³-hybridized carbons (Fsp3) is 0.167. The minimum Gasteiger partial charge on any atom is -0.309 e. The molecule has 0 amide bonds. The quantitative estimate of drug-likeness (QED) is 0.176. The summed E-state index contributed by atoms with van der Waals surface area (Å²) in [6.07, 6.45) is 0. The number of nitrogens with zero attached hydrogens (tertiary/aromatic N) is 2. The van der Waals surface area contributed by atoms with Gasteiger partial charge in [0, 0.05) is 22.1 Å². The van der Waals surface area contributed by atoms with E-state index in [2.05, 4.69) is 208 Å². The molecule has 0 aliphatic heterocycles. The zero-order valence-corrected chi connectivity index (χ0v) is 29.9. The maximum atomic E-state index is 2.43. The Balaban J connectivity index is 1.18. The van der Waals surface area contributed by atoms with E-state index in [-0.39, 0.29) is 10.8 Å². The second-order valence-corrected chi connectivity index (χ2v) is 15.6. The number of rotatable bonds is 5. The molecule has 0 unspecified atom stereocenters. The van der Waals surface area contributed by atoms with Gasteiger partial charge >= 0.3 is 0 Å². The van der Waals surface area contributed by atoms with Crippen molar-refractivity contribution in [1.82, 2.24) is 9.13 Å². The van der Waals surface area contributed by atoms with Crippen LogP contribution in [0, 0.1) is 0 Å². The first-order valence-electron chi connectivity index (χ1n) is 17.7. The summed E-state index contributed by atoms with van der Waals surface area (Å²) >= 11 is 0. The van der Waals surface area contributed by atoms with Gasteiger partial charge in [0.15, 0.2) is 0 Å². The topological polar surface area (TPSA) is 9.86 Å². The average Bonchev–Trinajstić information content (AvgIpc) is 3.71. The van der Waals surface area contributed by atoms with E-state index in [0.29, 0.717) is 0 Å². The Morgan fingerprint density at radius 3 is 1.10 bits per heavy atom. The fourth-order valence-corrected chi connectivity index (χ4v) is 7.22. The summed E-state index contributed by atoms with van der Waals surface area (Å²) in [5, 5.41) is 2.63. The normalized spacial score (nSPS) is 12.2. The van der Waals surface area contributed by atoms with E-state index in [9.17, 15) is 0 Å². The number of benzene rings is 6. The summed E-state index contributed by atoms with van der Waals surface area (Å²) in [5.41, 5.74) is 14.8. The van der Waals surface area contributed by atoms with Crippen molar-refractivity contribution < 1.29 is 0 Å². The molecule has 50 heavy (non-hydrogen) atoms. The Morgan fingerprint density at radius 2 is 0.720 bits per heavy atom. The van der Waals surface area contributed by atoms with Crippen molar-refractivity contribution in [1.29, 1.82) is 0 Å². The van der Waals surface area contributed by atoms with Crippen molar-refractivity contribution in [3.05, 3.63) is 169 Å². The Kier molecular flexibility index (Phi) is 7.64. The van der Waals surface area contributed by atoms with Gasteiger partial charge in [0.2, 0.25) is 0 Å². The molecule has 0 saturated carbocycles. The molecule has 0 aliphatic carbocycles. The monoisotopic (exact) mass is 648 g/mol. The molecule has 8 rings (SSSR count). The van der Waals surface area contributed by atoms with E-state index in [1.807, 2.05) is 0 Å². The SMILES string of the molecule is CC(C)(C)c1ccc2c(c1)c1cc(C(C)(C)C)ccc1n2-c1ccc(-c2ccc(-n3c(-c4ccccc4)ccc3-c3ccccc3)cc2)cc1. The van der Waals surface area contributed by atoms with Crippen molar-refractivity contribution >= 4 is 21.8 Å². The van der Waals surface area contributed by atoms with Gasteiger partial charge in [-0.25, -0.2) is 0 Å². The molecule has 246 valence electrons. The van der Waals surface area contributed by atoms with Gasteiger partial charge in [0.1, 0.15) is 0 Å². The molecule has 0 fully saturated rings. The van der Waals surface area contributed by atoms with E-state index in [0.717, 1.165) is 5.69 Å². The molecule has 2 heteroatoms. The summed E-state index contributed by atoms with van der Waals surface area (Å²) in [7, 11) is 0. The van der Waals surface area contributed by atoms with Gasteiger partial charge in [-0.2, -0.15) is 0 Å². The molecule has 8 aromatic rings. The van der Waals surface area contributed by atoms with Gasteiger partial charge in [-0.15, -0.1) is 0 Å². The molecule has 0 saturated heterocycles. The maximum Gasteiger partial charge on any atom is 0.0541 e. The molecule has 6 aromatic carbocycles. The van der Waals surface area contributed by atoms with Gasteiger partial charge in [-0.05, 0) is 105 Å². The van der Waals surface area contributed by atoms with Crippen LogP contribution in [0.4, 0.5) is 0 Å². The Morgan fingerprint density at radius 1 is 0.340 bits per heavy atom. The van der Waals surface area contributed by atoms with Gasteiger partial charge in [0.25, 0.3) is 0 Å². The zero-order chi connectivity index (χ0) is 34.6. The first kappa shape index (κ1) is 31.7. The lowest BCUT2D eigenvalue weighted by Crippen LogP contribution is -2.10. The van der Waals surface area contributed by atoms with Gasteiger partial charge in [-0.3, -0.25) is 0 Å². The average molecular weight is 649 g/mol. The predicted octanol–water partition coefficient (Wildman–Crippen LogP) is 13.2. The van der Waals surface area contributed by atoms with E-state index < -0.39 is 0 Å². The second-order valence-electron chi connectivity index (χ2n) is 15.6. The highest BCUT2D eigenvalue weighted by Crippen LogP contribution is 2.38. The van der Waals surface area contributed by atoms with Gasteiger partial charge in [-0.1, -0.05) is 139 Å². The third kappa shape index (κ3) is 5.65. The highest BCUT2D eigenvalue weighted by atomic mass is 15.0.